The highest BCUT2D eigenvalue weighted by Crippen LogP contribution is 1.81. The summed E-state index contributed by atoms with van der Waals surface area (Å²) in [6.45, 7) is 2.60. The molecule has 0 aromatic carbocycles. The van der Waals surface area contributed by atoms with Gasteiger partial charge in [0, 0.05) is 0 Å². The Morgan fingerprint density at radius 2 is 2.25 bits per heavy atom. The van der Waals surface area contributed by atoms with E-state index in [1.807, 2.05) is 0 Å². The van der Waals surface area contributed by atoms with Crippen molar-refractivity contribution in [3.63, 3.8) is 0 Å². The van der Waals surface area contributed by atoms with Gasteiger partial charge in [-0.2, -0.15) is 5.48 Å². The molecule has 1 N–H and O–H groups in total. The van der Waals surface area contributed by atoms with E-state index in [2.05, 4.69) is 10.3 Å². The maximum Gasteiger partial charge on any atom is 0.123 e. The average Bonchev–Trinajstić information content (AvgIpc) is 0.722. The number of hydrogen-bond donors (Lipinski definition) is 1. The van der Waals surface area contributed by atoms with E-state index in [-0.39, 0.29) is 0 Å². The lowest BCUT2D eigenvalue weighted by molar-refractivity contribution is 0.0115. The molecule has 2 nitrogen and oxygen atoms in total. The number of hydrogen-bond acceptors (Lipinski definition) is 2. The Hall–Kier alpha value is -0.0800. The fourth-order valence-corrected chi connectivity index (χ4v) is 0.0833. The topological polar surface area (TPSA) is 21.3 Å². The molecule has 1 saturated heterocycles. The highest BCUT2D eigenvalue weighted by molar-refractivity contribution is 4.55. The van der Waals surface area contributed by atoms with Gasteiger partial charge in [-0.3, -0.25) is 4.84 Å². The minimum Gasteiger partial charge on any atom is -0.294 e. The van der Waals surface area contributed by atoms with Crippen LogP contribution in [0.1, 0.15) is 0 Å². The highest BCUT2D eigenvalue weighted by atomic mass is 16.7. The van der Waals surface area contributed by atoms with Crippen LogP contribution in [0.15, 0.2) is 0 Å². The fourth-order valence-electron chi connectivity index (χ4n) is 0.0833. The first-order chi connectivity index (χ1) is 2.00. The van der Waals surface area contributed by atoms with Gasteiger partial charge in [0.25, 0.3) is 0 Å². The molecule has 0 bridgehead atoms. The molecule has 23 valence electrons. The molecular weight excluding hydrogens is 54.0 g/mol. The molecule has 0 amide bonds. The first kappa shape index (κ1) is 2.18. The van der Waals surface area contributed by atoms with Crippen molar-refractivity contribution < 1.29 is 4.84 Å². The van der Waals surface area contributed by atoms with Gasteiger partial charge in [-0.25, -0.2) is 0 Å². The Morgan fingerprint density at radius 1 is 2.00 bits per heavy atom. The van der Waals surface area contributed by atoms with Crippen LogP contribution in [0, 0.1) is 6.61 Å². The smallest absolute Gasteiger partial charge is 0.123 e. The summed E-state index contributed by atoms with van der Waals surface area (Å²) >= 11 is 0. The van der Waals surface area contributed by atoms with E-state index in [9.17, 15) is 0 Å². The van der Waals surface area contributed by atoms with Crippen molar-refractivity contribution in [3.05, 3.63) is 6.61 Å². The summed E-state index contributed by atoms with van der Waals surface area (Å²) in [6, 6.07) is 0. The Bertz CT molecular complexity index is 14.0. The molecule has 0 aromatic rings. The third-order valence-electron chi connectivity index (χ3n) is 0.333. The molecule has 0 atom stereocenters. The maximum absolute atomic E-state index is 4.35. The summed E-state index contributed by atoms with van der Waals surface area (Å²) in [5, 5.41) is 0. The number of nitrogens with one attached hydrogen (secondary N) is 1. The van der Waals surface area contributed by atoms with E-state index in [4.69, 9.17) is 0 Å². The zero-order valence-electron chi connectivity index (χ0n) is 2.19. The first-order valence-corrected chi connectivity index (χ1v) is 1.20. The molecule has 0 saturated carbocycles. The van der Waals surface area contributed by atoms with Crippen LogP contribution in [-0.4, -0.2) is 6.54 Å². The Kier molecular flexibility index (Phi) is 0.381. The number of hydroxylamine groups is 1. The summed E-state index contributed by atoms with van der Waals surface area (Å²) in [4.78, 5) is 4.35. The quantitative estimate of drug-likeness (QED) is 0.412. The predicted octanol–water partition coefficient (Wildman–Crippen LogP) is -0.317. The molecule has 0 aliphatic carbocycles. The molecule has 0 spiro atoms. The highest BCUT2D eigenvalue weighted by Gasteiger charge is 1.94. The second-order valence-electron chi connectivity index (χ2n) is 0.633. The summed E-state index contributed by atoms with van der Waals surface area (Å²) < 4.78 is 0. The lowest BCUT2D eigenvalue weighted by Crippen LogP contribution is -2.27. The van der Waals surface area contributed by atoms with E-state index < -0.39 is 0 Å². The third kappa shape index (κ3) is 0.106. The van der Waals surface area contributed by atoms with E-state index in [0.717, 1.165) is 6.54 Å². The summed E-state index contributed by atoms with van der Waals surface area (Å²) in [5.74, 6) is 0. The van der Waals surface area contributed by atoms with E-state index in [1.165, 1.54) is 0 Å². The third-order valence-corrected chi connectivity index (χ3v) is 0.333. The van der Waals surface area contributed by atoms with Crippen molar-refractivity contribution in [2.45, 2.75) is 0 Å². The maximum atomic E-state index is 4.35. The average molecular weight is 58.1 g/mol. The van der Waals surface area contributed by atoms with Crippen molar-refractivity contribution in [3.8, 4) is 0 Å². The molecule has 0 aromatic heterocycles. The van der Waals surface area contributed by atoms with Gasteiger partial charge in [0.2, 0.25) is 0 Å². The van der Waals surface area contributed by atoms with Crippen molar-refractivity contribution in [2.75, 3.05) is 6.54 Å². The first-order valence-electron chi connectivity index (χ1n) is 1.20. The van der Waals surface area contributed by atoms with Crippen LogP contribution < -0.4 is 5.48 Å². The van der Waals surface area contributed by atoms with E-state index in [1.54, 1.807) is 6.61 Å². The van der Waals surface area contributed by atoms with Gasteiger partial charge in [0.15, 0.2) is 0 Å². The molecule has 1 radical (unpaired) electrons. The van der Waals surface area contributed by atoms with Crippen LogP contribution in [0.3, 0.4) is 0 Å². The molecule has 0 unspecified atom stereocenters. The lowest BCUT2D eigenvalue weighted by atomic mass is 10.7. The monoisotopic (exact) mass is 58.0 g/mol. The Balaban J connectivity index is 2.00. The van der Waals surface area contributed by atoms with Crippen molar-refractivity contribution in [1.29, 1.82) is 0 Å². The van der Waals surface area contributed by atoms with Gasteiger partial charge in [-0.05, 0) is 0 Å². The van der Waals surface area contributed by atoms with Crippen LogP contribution in [0.2, 0.25) is 0 Å². The lowest BCUT2D eigenvalue weighted by Gasteiger charge is -2.09. The zero-order valence-corrected chi connectivity index (χ0v) is 2.19. The molecule has 4 heavy (non-hydrogen) atoms. The van der Waals surface area contributed by atoms with Crippen LogP contribution in [-0.2, 0) is 4.84 Å². The summed E-state index contributed by atoms with van der Waals surface area (Å²) in [7, 11) is 0. The van der Waals surface area contributed by atoms with Crippen LogP contribution in [0.5, 0.6) is 0 Å². The minimum absolute atomic E-state index is 0.903. The van der Waals surface area contributed by atoms with Gasteiger partial charge < -0.3 is 0 Å². The van der Waals surface area contributed by atoms with Crippen LogP contribution in [0.25, 0.3) is 0 Å². The van der Waals surface area contributed by atoms with Gasteiger partial charge in [-0.15, -0.1) is 0 Å². The Labute approximate surface area is 24.7 Å². The van der Waals surface area contributed by atoms with Gasteiger partial charge >= 0.3 is 0 Å². The van der Waals surface area contributed by atoms with Crippen molar-refractivity contribution in [1.82, 2.24) is 5.48 Å². The Morgan fingerprint density at radius 3 is 2.25 bits per heavy atom. The summed E-state index contributed by atoms with van der Waals surface area (Å²) in [6.07, 6.45) is 0. The molecular formula is C2H4NO. The molecule has 1 aliphatic rings. The van der Waals surface area contributed by atoms with Crippen molar-refractivity contribution in [2.24, 2.45) is 0 Å². The second kappa shape index (κ2) is 0.701. The van der Waals surface area contributed by atoms with Crippen molar-refractivity contribution >= 4 is 0 Å². The fraction of sp³-hybridized carbons (Fsp3) is 0.500. The molecule has 1 aliphatic heterocycles. The van der Waals surface area contributed by atoms with Gasteiger partial charge in [-0.1, -0.05) is 0 Å². The second-order valence-corrected chi connectivity index (χ2v) is 0.633. The molecule has 1 heterocycles. The van der Waals surface area contributed by atoms with Gasteiger partial charge in [0.1, 0.15) is 6.61 Å². The largest absolute Gasteiger partial charge is 0.294 e. The van der Waals surface area contributed by atoms with Crippen LogP contribution >= 0.6 is 0 Å². The molecule has 2 heteroatoms. The standard InChI is InChI=1S/C2H4NO/c1-2-4-3-1/h2-3H,1H2. The van der Waals surface area contributed by atoms with Crippen LogP contribution in [0.4, 0.5) is 0 Å². The normalized spacial score (nSPS) is 24.0. The number of rotatable bonds is 0. The zero-order chi connectivity index (χ0) is 2.83. The SMILES string of the molecule is [CH]1CNO1. The molecule has 1 fully saturated rings. The predicted molar refractivity (Wildman–Crippen MR) is 13.4 cm³/mol. The van der Waals surface area contributed by atoms with Gasteiger partial charge in [0.05, 0.1) is 6.54 Å². The molecule has 1 rings (SSSR count). The van der Waals surface area contributed by atoms with E-state index in [0.29, 0.717) is 0 Å². The summed E-state index contributed by atoms with van der Waals surface area (Å²) in [5.41, 5.74) is 2.56. The minimum atomic E-state index is 0.903. The van der Waals surface area contributed by atoms with E-state index >= 15 is 0 Å².